The maximum Gasteiger partial charge on any atom is 0.0657 e. The highest BCUT2D eigenvalue weighted by molar-refractivity contribution is 5.57. The summed E-state index contributed by atoms with van der Waals surface area (Å²) < 4.78 is 0. The Morgan fingerprint density at radius 2 is 1.79 bits per heavy atom. The Bertz CT molecular complexity index is 458. The minimum absolute atomic E-state index is 0.166. The molecule has 0 spiro atoms. The van der Waals surface area contributed by atoms with Crippen LogP contribution in [0.3, 0.4) is 0 Å². The van der Waals surface area contributed by atoms with Crippen molar-refractivity contribution in [3.8, 4) is 0 Å². The van der Waals surface area contributed by atoms with Crippen molar-refractivity contribution in [2.75, 3.05) is 4.90 Å². The van der Waals surface area contributed by atoms with Crippen LogP contribution in [0.15, 0.2) is 54.3 Å². The van der Waals surface area contributed by atoms with E-state index in [1.807, 2.05) is 0 Å². The summed E-state index contributed by atoms with van der Waals surface area (Å²) in [4.78, 5) is 2.48. The first kappa shape index (κ1) is 13.9. The zero-order valence-corrected chi connectivity index (χ0v) is 12.4. The molecule has 0 aliphatic carbocycles. The molecule has 0 aromatic heterocycles. The first-order valence-electron chi connectivity index (χ1n) is 7.50. The van der Waals surface area contributed by atoms with Crippen LogP contribution in [-0.2, 0) is 0 Å². The largest absolute Gasteiger partial charge is 0.338 e. The second kappa shape index (κ2) is 6.10. The van der Waals surface area contributed by atoms with E-state index in [9.17, 15) is 0 Å². The summed E-state index contributed by atoms with van der Waals surface area (Å²) in [6.07, 6.45) is 11.5. The minimum atomic E-state index is 0.166. The number of benzene rings is 1. The van der Waals surface area contributed by atoms with Gasteiger partial charge in [0.15, 0.2) is 0 Å². The number of nitrogens with zero attached hydrogens (tertiary/aromatic N) is 1. The zero-order chi connectivity index (χ0) is 13.7. The fourth-order valence-corrected chi connectivity index (χ4v) is 3.34. The average Bonchev–Trinajstić information content (AvgIpc) is 2.48. The Balaban J connectivity index is 2.46. The summed E-state index contributed by atoms with van der Waals surface area (Å²) in [5, 5.41) is 0. The number of anilines is 1. The molecule has 0 amide bonds. The quantitative estimate of drug-likeness (QED) is 0.689. The molecule has 2 rings (SSSR count). The van der Waals surface area contributed by atoms with Crippen LogP contribution in [0.25, 0.3) is 0 Å². The van der Waals surface area contributed by atoms with Crippen LogP contribution in [-0.4, -0.2) is 5.54 Å². The van der Waals surface area contributed by atoms with Gasteiger partial charge in [-0.05, 0) is 43.0 Å². The number of allylic oxidation sites excluding steroid dienone is 2. The first-order valence-corrected chi connectivity index (χ1v) is 7.50. The van der Waals surface area contributed by atoms with Gasteiger partial charge in [-0.3, -0.25) is 0 Å². The lowest BCUT2D eigenvalue weighted by Crippen LogP contribution is -2.48. The first-order chi connectivity index (χ1) is 9.28. The van der Waals surface area contributed by atoms with E-state index >= 15 is 0 Å². The maximum atomic E-state index is 2.48. The van der Waals surface area contributed by atoms with Crippen molar-refractivity contribution in [3.63, 3.8) is 0 Å². The summed E-state index contributed by atoms with van der Waals surface area (Å²) in [5.41, 5.74) is 3.02. The molecular formula is C18H25N. The fraction of sp³-hybridized carbons (Fsp3) is 0.444. The van der Waals surface area contributed by atoms with Gasteiger partial charge in [0, 0.05) is 11.9 Å². The Hall–Kier alpha value is -1.50. The van der Waals surface area contributed by atoms with Gasteiger partial charge in [0.1, 0.15) is 0 Å². The van der Waals surface area contributed by atoms with Crippen LogP contribution in [0.2, 0.25) is 0 Å². The van der Waals surface area contributed by atoms with E-state index in [4.69, 9.17) is 0 Å². The average molecular weight is 255 g/mol. The molecule has 0 saturated heterocycles. The second-order valence-electron chi connectivity index (χ2n) is 5.23. The van der Waals surface area contributed by atoms with Gasteiger partial charge in [-0.1, -0.05) is 51.5 Å². The van der Waals surface area contributed by atoms with Crippen molar-refractivity contribution in [2.24, 2.45) is 0 Å². The van der Waals surface area contributed by atoms with Crippen LogP contribution < -0.4 is 4.90 Å². The highest BCUT2D eigenvalue weighted by Gasteiger charge is 2.37. The maximum absolute atomic E-state index is 2.48. The molecule has 0 saturated carbocycles. The van der Waals surface area contributed by atoms with Gasteiger partial charge < -0.3 is 4.90 Å². The van der Waals surface area contributed by atoms with E-state index in [1.165, 1.54) is 18.5 Å². The molecule has 0 N–H and O–H groups in total. The molecule has 1 aromatic rings. The topological polar surface area (TPSA) is 3.24 Å². The predicted molar refractivity (Wildman–Crippen MR) is 84.4 cm³/mol. The second-order valence-corrected chi connectivity index (χ2v) is 5.23. The highest BCUT2D eigenvalue weighted by atomic mass is 15.2. The van der Waals surface area contributed by atoms with E-state index < -0.39 is 0 Å². The zero-order valence-electron chi connectivity index (χ0n) is 12.4. The van der Waals surface area contributed by atoms with Crippen LogP contribution in [0.1, 0.15) is 46.5 Å². The molecule has 1 heteroatoms. The standard InChI is InChI=1S/C18H25N/c1-4-14-18(6-3)16(5-2)11-10-15-19(18)17-12-8-7-9-13-17/h7-13,15H,4-6,14H2,1-3H3. The number of hydrogen-bond donors (Lipinski definition) is 0. The molecule has 0 bridgehead atoms. The van der Waals surface area contributed by atoms with Gasteiger partial charge in [0.05, 0.1) is 5.54 Å². The third kappa shape index (κ3) is 2.47. The lowest BCUT2D eigenvalue weighted by Gasteiger charge is -2.47. The van der Waals surface area contributed by atoms with Gasteiger partial charge in [0.25, 0.3) is 0 Å². The predicted octanol–water partition coefficient (Wildman–Crippen LogP) is 5.31. The molecule has 1 atom stereocenters. The Morgan fingerprint density at radius 3 is 2.37 bits per heavy atom. The van der Waals surface area contributed by atoms with Crippen molar-refractivity contribution < 1.29 is 0 Å². The number of para-hydroxylation sites is 1. The fourth-order valence-electron chi connectivity index (χ4n) is 3.34. The van der Waals surface area contributed by atoms with E-state index in [-0.39, 0.29) is 5.54 Å². The summed E-state index contributed by atoms with van der Waals surface area (Å²) in [5.74, 6) is 0. The third-order valence-electron chi connectivity index (χ3n) is 4.26. The van der Waals surface area contributed by atoms with Crippen molar-refractivity contribution in [1.82, 2.24) is 0 Å². The lowest BCUT2D eigenvalue weighted by molar-refractivity contribution is 0.414. The molecule has 1 unspecified atom stereocenters. The molecule has 19 heavy (non-hydrogen) atoms. The van der Waals surface area contributed by atoms with Crippen molar-refractivity contribution in [1.29, 1.82) is 0 Å². The SMILES string of the molecule is CCCC1(CC)C(CC)=CC=CN1c1ccccc1. The molecule has 1 aromatic carbocycles. The van der Waals surface area contributed by atoms with Crippen molar-refractivity contribution in [2.45, 2.75) is 52.0 Å². The smallest absolute Gasteiger partial charge is 0.0657 e. The van der Waals surface area contributed by atoms with E-state index in [1.54, 1.807) is 5.57 Å². The summed E-state index contributed by atoms with van der Waals surface area (Å²) >= 11 is 0. The van der Waals surface area contributed by atoms with E-state index in [2.05, 4.69) is 74.4 Å². The van der Waals surface area contributed by atoms with Crippen LogP contribution >= 0.6 is 0 Å². The van der Waals surface area contributed by atoms with Gasteiger partial charge in [-0.15, -0.1) is 0 Å². The van der Waals surface area contributed by atoms with Gasteiger partial charge in [-0.2, -0.15) is 0 Å². The van der Waals surface area contributed by atoms with Gasteiger partial charge in [0.2, 0.25) is 0 Å². The van der Waals surface area contributed by atoms with Crippen molar-refractivity contribution in [3.05, 3.63) is 54.3 Å². The molecule has 1 heterocycles. The molecule has 1 nitrogen and oxygen atoms in total. The molecule has 0 fully saturated rings. The highest BCUT2D eigenvalue weighted by Crippen LogP contribution is 2.40. The number of hydrogen-bond acceptors (Lipinski definition) is 1. The molecule has 1 aliphatic rings. The van der Waals surface area contributed by atoms with Crippen LogP contribution in [0.5, 0.6) is 0 Å². The molecule has 1 aliphatic heterocycles. The monoisotopic (exact) mass is 255 g/mol. The number of rotatable bonds is 5. The Kier molecular flexibility index (Phi) is 4.47. The van der Waals surface area contributed by atoms with Gasteiger partial charge in [-0.25, -0.2) is 0 Å². The molecule has 102 valence electrons. The van der Waals surface area contributed by atoms with E-state index in [0.717, 1.165) is 12.8 Å². The van der Waals surface area contributed by atoms with E-state index in [0.29, 0.717) is 0 Å². The molecular weight excluding hydrogens is 230 g/mol. The van der Waals surface area contributed by atoms with Crippen molar-refractivity contribution >= 4 is 5.69 Å². The summed E-state index contributed by atoms with van der Waals surface area (Å²) in [6.45, 7) is 6.87. The Labute approximate surface area is 117 Å². The van der Waals surface area contributed by atoms with Crippen LogP contribution in [0.4, 0.5) is 5.69 Å². The third-order valence-corrected chi connectivity index (χ3v) is 4.26. The molecule has 0 radical (unpaired) electrons. The lowest BCUT2D eigenvalue weighted by atomic mass is 9.78. The summed E-state index contributed by atoms with van der Waals surface area (Å²) in [7, 11) is 0. The summed E-state index contributed by atoms with van der Waals surface area (Å²) in [6, 6.07) is 10.8. The van der Waals surface area contributed by atoms with Gasteiger partial charge >= 0.3 is 0 Å². The van der Waals surface area contributed by atoms with Crippen LogP contribution in [0, 0.1) is 0 Å². The Morgan fingerprint density at radius 1 is 1.05 bits per heavy atom. The minimum Gasteiger partial charge on any atom is -0.338 e. The normalized spacial score (nSPS) is 22.5.